The van der Waals surface area contributed by atoms with E-state index < -0.39 is 0 Å². The molecule has 7 nitrogen and oxygen atoms in total. The minimum absolute atomic E-state index is 0.0429. The summed E-state index contributed by atoms with van der Waals surface area (Å²) in [7, 11) is 0. The second-order valence-electron chi connectivity index (χ2n) is 6.93. The lowest BCUT2D eigenvalue weighted by Gasteiger charge is -2.16. The smallest absolute Gasteiger partial charge is 0.253 e. The van der Waals surface area contributed by atoms with E-state index in [9.17, 15) is 4.79 Å². The van der Waals surface area contributed by atoms with Gasteiger partial charge >= 0.3 is 0 Å². The van der Waals surface area contributed by atoms with Gasteiger partial charge in [0.05, 0.1) is 11.2 Å². The highest BCUT2D eigenvalue weighted by Crippen LogP contribution is 2.30. The third-order valence-electron chi connectivity index (χ3n) is 5.24. The second kappa shape index (κ2) is 6.84. The minimum atomic E-state index is 0.0429. The van der Waals surface area contributed by atoms with Crippen molar-refractivity contribution < 1.29 is 4.79 Å². The van der Waals surface area contributed by atoms with Crippen LogP contribution in [0.1, 0.15) is 28.4 Å². The number of fused-ring (bicyclic) bond motifs is 1. The first kappa shape index (κ1) is 16.6. The Balaban J connectivity index is 1.39. The Kier molecular flexibility index (Phi) is 4.05. The van der Waals surface area contributed by atoms with E-state index in [-0.39, 0.29) is 11.8 Å². The van der Waals surface area contributed by atoms with Gasteiger partial charge in [0.1, 0.15) is 0 Å². The SMILES string of the molecule is O=C(c1ccncc1)N1CC[C@H](c2nnn3cc(-c4ccncc4)ccc23)C1. The van der Waals surface area contributed by atoms with Crippen molar-refractivity contribution in [2.24, 2.45) is 0 Å². The molecule has 0 unspecified atom stereocenters. The lowest BCUT2D eigenvalue weighted by molar-refractivity contribution is 0.0790. The van der Waals surface area contributed by atoms with Crippen LogP contribution in [0.25, 0.3) is 16.6 Å². The molecule has 4 aromatic rings. The van der Waals surface area contributed by atoms with E-state index in [0.717, 1.165) is 35.3 Å². The monoisotopic (exact) mass is 370 g/mol. The van der Waals surface area contributed by atoms with Gasteiger partial charge in [-0.05, 0) is 42.3 Å². The van der Waals surface area contributed by atoms with Gasteiger partial charge in [-0.1, -0.05) is 11.3 Å². The zero-order chi connectivity index (χ0) is 18.9. The topological polar surface area (TPSA) is 76.3 Å². The molecule has 1 aliphatic heterocycles. The van der Waals surface area contributed by atoms with Gasteiger partial charge in [0.2, 0.25) is 0 Å². The number of likely N-dealkylation sites (tertiary alicyclic amines) is 1. The highest BCUT2D eigenvalue weighted by atomic mass is 16.2. The first-order chi connectivity index (χ1) is 13.8. The molecule has 138 valence electrons. The largest absolute Gasteiger partial charge is 0.338 e. The van der Waals surface area contributed by atoms with E-state index in [4.69, 9.17) is 0 Å². The fraction of sp³-hybridized carbons (Fsp3) is 0.190. The number of rotatable bonds is 3. The number of hydrogen-bond donors (Lipinski definition) is 0. The van der Waals surface area contributed by atoms with E-state index in [1.165, 1.54) is 0 Å². The number of aromatic nitrogens is 5. The highest BCUT2D eigenvalue weighted by molar-refractivity contribution is 5.94. The molecule has 0 saturated carbocycles. The maximum absolute atomic E-state index is 12.7. The van der Waals surface area contributed by atoms with Crippen molar-refractivity contribution in [1.82, 2.24) is 29.7 Å². The summed E-state index contributed by atoms with van der Waals surface area (Å²) in [5, 5.41) is 8.75. The van der Waals surface area contributed by atoms with Crippen molar-refractivity contribution in [2.45, 2.75) is 12.3 Å². The van der Waals surface area contributed by atoms with Crippen LogP contribution in [-0.4, -0.2) is 48.7 Å². The van der Waals surface area contributed by atoms with Gasteiger partial charge in [-0.3, -0.25) is 14.8 Å². The van der Waals surface area contributed by atoms with Crippen LogP contribution in [0, 0.1) is 0 Å². The number of carbonyl (C=O) groups excluding carboxylic acids is 1. The maximum atomic E-state index is 12.7. The normalized spacial score (nSPS) is 16.6. The summed E-state index contributed by atoms with van der Waals surface area (Å²) in [6, 6.07) is 11.6. The molecule has 1 saturated heterocycles. The lowest BCUT2D eigenvalue weighted by Crippen LogP contribution is -2.28. The molecule has 1 aliphatic rings. The van der Waals surface area contributed by atoms with E-state index in [1.807, 2.05) is 27.7 Å². The molecule has 1 amide bonds. The molecule has 0 spiro atoms. The summed E-state index contributed by atoms with van der Waals surface area (Å²) in [5.41, 5.74) is 4.76. The summed E-state index contributed by atoms with van der Waals surface area (Å²) < 4.78 is 1.82. The maximum Gasteiger partial charge on any atom is 0.253 e. The van der Waals surface area contributed by atoms with Crippen molar-refractivity contribution in [1.29, 1.82) is 0 Å². The van der Waals surface area contributed by atoms with Crippen LogP contribution >= 0.6 is 0 Å². The van der Waals surface area contributed by atoms with Crippen LogP contribution in [-0.2, 0) is 0 Å². The summed E-state index contributed by atoms with van der Waals surface area (Å²) in [6.07, 6.45) is 9.72. The number of pyridine rings is 3. The summed E-state index contributed by atoms with van der Waals surface area (Å²) in [6.45, 7) is 1.38. The Morgan fingerprint density at radius 1 is 0.929 bits per heavy atom. The van der Waals surface area contributed by atoms with E-state index in [1.54, 1.807) is 36.9 Å². The van der Waals surface area contributed by atoms with Gasteiger partial charge in [0.25, 0.3) is 5.91 Å². The van der Waals surface area contributed by atoms with Gasteiger partial charge in [-0.25, -0.2) is 4.52 Å². The van der Waals surface area contributed by atoms with Crippen molar-refractivity contribution in [3.05, 3.63) is 78.6 Å². The van der Waals surface area contributed by atoms with Gasteiger partial charge < -0.3 is 4.90 Å². The van der Waals surface area contributed by atoms with Crippen molar-refractivity contribution >= 4 is 11.4 Å². The summed E-state index contributed by atoms with van der Waals surface area (Å²) >= 11 is 0. The molecule has 1 fully saturated rings. The Labute approximate surface area is 161 Å². The zero-order valence-electron chi connectivity index (χ0n) is 15.1. The molecule has 0 bridgehead atoms. The van der Waals surface area contributed by atoms with Crippen molar-refractivity contribution in [3.63, 3.8) is 0 Å². The average Bonchev–Trinajstić information content (AvgIpc) is 3.41. The molecule has 5 rings (SSSR count). The molecule has 0 N–H and O–H groups in total. The fourth-order valence-corrected chi connectivity index (χ4v) is 3.76. The standard InChI is InChI=1S/C21H18N6O/c28-21(16-5-10-23-11-6-16)26-12-7-18(13-26)20-19-2-1-17(14-27(19)25-24-20)15-3-8-22-9-4-15/h1-6,8-11,14,18H,7,12-13H2/t18-/m0/s1. The molecule has 28 heavy (non-hydrogen) atoms. The molecular weight excluding hydrogens is 352 g/mol. The van der Waals surface area contributed by atoms with Crippen LogP contribution in [0.4, 0.5) is 0 Å². The van der Waals surface area contributed by atoms with Gasteiger partial charge in [0.15, 0.2) is 0 Å². The van der Waals surface area contributed by atoms with Crippen LogP contribution in [0.3, 0.4) is 0 Å². The molecule has 1 atom stereocenters. The highest BCUT2D eigenvalue weighted by Gasteiger charge is 2.30. The number of amides is 1. The van der Waals surface area contributed by atoms with Crippen LogP contribution in [0.2, 0.25) is 0 Å². The van der Waals surface area contributed by atoms with E-state index in [2.05, 4.69) is 32.4 Å². The van der Waals surface area contributed by atoms with Crippen molar-refractivity contribution in [3.8, 4) is 11.1 Å². The first-order valence-electron chi connectivity index (χ1n) is 9.24. The Hall–Kier alpha value is -3.61. The molecular formula is C21H18N6O. The van der Waals surface area contributed by atoms with Gasteiger partial charge in [0, 0.05) is 61.1 Å². The Morgan fingerprint density at radius 3 is 2.46 bits per heavy atom. The zero-order valence-corrected chi connectivity index (χ0v) is 15.1. The Bertz CT molecular complexity index is 1130. The van der Waals surface area contributed by atoms with Crippen molar-refractivity contribution in [2.75, 3.05) is 13.1 Å². The molecule has 0 aromatic carbocycles. The lowest BCUT2D eigenvalue weighted by atomic mass is 10.0. The molecule has 0 radical (unpaired) electrons. The van der Waals surface area contributed by atoms with Crippen LogP contribution in [0.5, 0.6) is 0 Å². The number of hydrogen-bond acceptors (Lipinski definition) is 5. The first-order valence-corrected chi connectivity index (χ1v) is 9.24. The molecule has 7 heteroatoms. The Morgan fingerprint density at radius 2 is 1.68 bits per heavy atom. The average molecular weight is 370 g/mol. The van der Waals surface area contributed by atoms with Gasteiger partial charge in [-0.2, -0.15) is 0 Å². The number of nitrogens with zero attached hydrogens (tertiary/aromatic N) is 6. The number of carbonyl (C=O) groups is 1. The van der Waals surface area contributed by atoms with Crippen LogP contribution in [0.15, 0.2) is 67.4 Å². The third-order valence-corrected chi connectivity index (χ3v) is 5.24. The fourth-order valence-electron chi connectivity index (χ4n) is 3.76. The molecule has 0 aliphatic carbocycles. The quantitative estimate of drug-likeness (QED) is 0.554. The van der Waals surface area contributed by atoms with E-state index >= 15 is 0 Å². The molecule has 4 aromatic heterocycles. The minimum Gasteiger partial charge on any atom is -0.338 e. The summed E-state index contributed by atoms with van der Waals surface area (Å²) in [5.74, 6) is 0.233. The van der Waals surface area contributed by atoms with E-state index in [0.29, 0.717) is 12.1 Å². The van der Waals surface area contributed by atoms with Crippen LogP contribution < -0.4 is 0 Å². The molecule has 5 heterocycles. The second-order valence-corrected chi connectivity index (χ2v) is 6.93. The third kappa shape index (κ3) is 2.90. The van der Waals surface area contributed by atoms with Gasteiger partial charge in [-0.15, -0.1) is 5.10 Å². The summed E-state index contributed by atoms with van der Waals surface area (Å²) in [4.78, 5) is 22.6. The predicted molar refractivity (Wildman–Crippen MR) is 104 cm³/mol. The predicted octanol–water partition coefficient (Wildman–Crippen LogP) is 2.82.